The second kappa shape index (κ2) is 3.00. The lowest BCUT2D eigenvalue weighted by Gasteiger charge is -2.45. The monoisotopic (exact) mass is 182 g/mol. The molecule has 2 unspecified atom stereocenters. The van der Waals surface area contributed by atoms with Gasteiger partial charge in [-0.25, -0.2) is 0 Å². The maximum atomic E-state index is 10.9. The lowest BCUT2D eigenvalue weighted by atomic mass is 9.60. The first-order valence-corrected chi connectivity index (χ1v) is 5.38. The summed E-state index contributed by atoms with van der Waals surface area (Å²) in [5.41, 5.74) is 0.456. The van der Waals surface area contributed by atoms with Crippen LogP contribution in [0.1, 0.15) is 45.4 Å². The molecular weight excluding hydrogens is 164 g/mol. The third kappa shape index (κ3) is 1.27. The van der Waals surface area contributed by atoms with E-state index in [9.17, 15) is 4.79 Å². The molecule has 0 radical (unpaired) electrons. The van der Waals surface area contributed by atoms with Crippen LogP contribution in [-0.2, 0) is 4.79 Å². The Morgan fingerprint density at radius 3 is 2.46 bits per heavy atom. The molecule has 2 fully saturated rings. The lowest BCUT2D eigenvalue weighted by Crippen LogP contribution is -2.38. The first kappa shape index (κ1) is 9.04. The Kier molecular flexibility index (Phi) is 2.09. The number of carboxylic acids is 1. The van der Waals surface area contributed by atoms with E-state index in [1.165, 1.54) is 32.1 Å². The first-order valence-electron chi connectivity index (χ1n) is 5.38. The molecule has 0 aromatic carbocycles. The van der Waals surface area contributed by atoms with Crippen LogP contribution in [0.2, 0.25) is 0 Å². The molecule has 2 atom stereocenters. The molecule has 0 aliphatic heterocycles. The van der Waals surface area contributed by atoms with Crippen LogP contribution in [0.15, 0.2) is 0 Å². The quantitative estimate of drug-likeness (QED) is 0.713. The van der Waals surface area contributed by atoms with Crippen molar-refractivity contribution >= 4 is 5.97 Å². The zero-order valence-corrected chi connectivity index (χ0v) is 8.25. The van der Waals surface area contributed by atoms with E-state index in [1.807, 2.05) is 6.92 Å². The number of hydrogen-bond donors (Lipinski definition) is 1. The number of rotatable bonds is 2. The van der Waals surface area contributed by atoms with Gasteiger partial charge >= 0.3 is 5.97 Å². The highest BCUT2D eigenvalue weighted by Crippen LogP contribution is 2.58. The summed E-state index contributed by atoms with van der Waals surface area (Å²) >= 11 is 0. The maximum Gasteiger partial charge on any atom is 0.306 e. The van der Waals surface area contributed by atoms with Crippen molar-refractivity contribution in [2.75, 3.05) is 0 Å². The van der Waals surface area contributed by atoms with Crippen LogP contribution < -0.4 is 0 Å². The fourth-order valence-electron chi connectivity index (χ4n) is 3.37. The maximum absolute atomic E-state index is 10.9. The van der Waals surface area contributed by atoms with Crippen LogP contribution >= 0.6 is 0 Å². The normalized spacial score (nSPS) is 32.8. The molecule has 2 aliphatic rings. The standard InChI is InChI=1S/C11H18O2/c1-8(10(12)13)9-4-2-5-11(9)6-3-7-11/h8-9H,2-7H2,1H3,(H,12,13). The second-order valence-corrected chi connectivity index (χ2v) is 4.84. The minimum Gasteiger partial charge on any atom is -0.481 e. The van der Waals surface area contributed by atoms with E-state index in [2.05, 4.69) is 0 Å². The molecular formula is C11H18O2. The van der Waals surface area contributed by atoms with Crippen LogP contribution in [0.3, 0.4) is 0 Å². The Bertz CT molecular complexity index is 218. The summed E-state index contributed by atoms with van der Waals surface area (Å²) < 4.78 is 0. The van der Waals surface area contributed by atoms with Gasteiger partial charge in [-0.1, -0.05) is 19.8 Å². The molecule has 0 bridgehead atoms. The van der Waals surface area contributed by atoms with Crippen LogP contribution in [-0.4, -0.2) is 11.1 Å². The summed E-state index contributed by atoms with van der Waals surface area (Å²) in [4.78, 5) is 10.9. The highest BCUT2D eigenvalue weighted by molar-refractivity contribution is 5.70. The Hall–Kier alpha value is -0.530. The van der Waals surface area contributed by atoms with Crippen molar-refractivity contribution < 1.29 is 9.90 Å². The zero-order chi connectivity index (χ0) is 9.47. The van der Waals surface area contributed by atoms with Crippen molar-refractivity contribution in [3.63, 3.8) is 0 Å². The van der Waals surface area contributed by atoms with E-state index < -0.39 is 5.97 Å². The Labute approximate surface area is 79.3 Å². The topological polar surface area (TPSA) is 37.3 Å². The average molecular weight is 182 g/mol. The number of aliphatic carboxylic acids is 1. The van der Waals surface area contributed by atoms with E-state index in [-0.39, 0.29) is 5.92 Å². The summed E-state index contributed by atoms with van der Waals surface area (Å²) in [6, 6.07) is 0. The zero-order valence-electron chi connectivity index (χ0n) is 8.25. The van der Waals surface area contributed by atoms with Crippen LogP contribution in [0.25, 0.3) is 0 Å². The largest absolute Gasteiger partial charge is 0.481 e. The van der Waals surface area contributed by atoms with Crippen molar-refractivity contribution in [3.05, 3.63) is 0 Å². The summed E-state index contributed by atoms with van der Waals surface area (Å²) in [6.45, 7) is 1.89. The van der Waals surface area contributed by atoms with Gasteiger partial charge in [0.15, 0.2) is 0 Å². The van der Waals surface area contributed by atoms with Crippen molar-refractivity contribution in [1.82, 2.24) is 0 Å². The van der Waals surface area contributed by atoms with E-state index in [0.717, 1.165) is 6.42 Å². The fourth-order valence-corrected chi connectivity index (χ4v) is 3.37. The SMILES string of the molecule is CC(C(=O)O)C1CCCC12CCC2. The fraction of sp³-hybridized carbons (Fsp3) is 0.909. The number of carbonyl (C=O) groups is 1. The van der Waals surface area contributed by atoms with Gasteiger partial charge in [0.25, 0.3) is 0 Å². The van der Waals surface area contributed by atoms with Gasteiger partial charge in [-0.3, -0.25) is 4.79 Å². The van der Waals surface area contributed by atoms with Gasteiger partial charge in [0.05, 0.1) is 5.92 Å². The van der Waals surface area contributed by atoms with Crippen molar-refractivity contribution in [2.45, 2.75) is 45.4 Å². The van der Waals surface area contributed by atoms with E-state index in [1.54, 1.807) is 0 Å². The van der Waals surface area contributed by atoms with Gasteiger partial charge in [0.1, 0.15) is 0 Å². The van der Waals surface area contributed by atoms with Crippen LogP contribution in [0, 0.1) is 17.3 Å². The minimum absolute atomic E-state index is 0.122. The Morgan fingerprint density at radius 1 is 1.38 bits per heavy atom. The molecule has 74 valence electrons. The summed E-state index contributed by atoms with van der Waals surface area (Å²) in [7, 11) is 0. The molecule has 2 rings (SSSR count). The van der Waals surface area contributed by atoms with Gasteiger partial charge in [-0.2, -0.15) is 0 Å². The third-order valence-electron chi connectivity index (χ3n) is 4.32. The van der Waals surface area contributed by atoms with Gasteiger partial charge in [0, 0.05) is 0 Å². The van der Waals surface area contributed by atoms with E-state index >= 15 is 0 Å². The van der Waals surface area contributed by atoms with Gasteiger partial charge < -0.3 is 5.11 Å². The summed E-state index contributed by atoms with van der Waals surface area (Å²) in [5.74, 6) is -0.250. The van der Waals surface area contributed by atoms with E-state index in [4.69, 9.17) is 5.11 Å². The number of hydrogen-bond acceptors (Lipinski definition) is 1. The molecule has 0 aromatic heterocycles. The molecule has 2 nitrogen and oxygen atoms in total. The molecule has 1 spiro atoms. The molecule has 0 heterocycles. The van der Waals surface area contributed by atoms with Crippen molar-refractivity contribution in [2.24, 2.45) is 17.3 Å². The van der Waals surface area contributed by atoms with Gasteiger partial charge in [-0.05, 0) is 37.0 Å². The smallest absolute Gasteiger partial charge is 0.306 e. The van der Waals surface area contributed by atoms with Crippen LogP contribution in [0.4, 0.5) is 0 Å². The molecule has 13 heavy (non-hydrogen) atoms. The van der Waals surface area contributed by atoms with Crippen molar-refractivity contribution in [3.8, 4) is 0 Å². The molecule has 0 saturated heterocycles. The highest BCUT2D eigenvalue weighted by atomic mass is 16.4. The Balaban J connectivity index is 2.09. The molecule has 2 saturated carbocycles. The minimum atomic E-state index is -0.599. The van der Waals surface area contributed by atoms with Crippen molar-refractivity contribution in [1.29, 1.82) is 0 Å². The molecule has 2 aliphatic carbocycles. The summed E-state index contributed by atoms with van der Waals surface area (Å²) in [6.07, 6.45) is 7.58. The highest BCUT2D eigenvalue weighted by Gasteiger charge is 2.50. The van der Waals surface area contributed by atoms with Gasteiger partial charge in [0.2, 0.25) is 0 Å². The predicted octanol–water partition coefficient (Wildman–Crippen LogP) is 2.68. The van der Waals surface area contributed by atoms with Gasteiger partial charge in [-0.15, -0.1) is 0 Å². The number of carboxylic acid groups (broad SMARTS) is 1. The van der Waals surface area contributed by atoms with E-state index in [0.29, 0.717) is 11.3 Å². The molecule has 0 aromatic rings. The first-order chi connectivity index (χ1) is 6.16. The molecule has 1 N–H and O–H groups in total. The van der Waals surface area contributed by atoms with Crippen LogP contribution in [0.5, 0.6) is 0 Å². The second-order valence-electron chi connectivity index (χ2n) is 4.84. The predicted molar refractivity (Wildman–Crippen MR) is 50.4 cm³/mol. The lowest BCUT2D eigenvalue weighted by molar-refractivity contribution is -0.145. The Morgan fingerprint density at radius 2 is 2.00 bits per heavy atom. The third-order valence-corrected chi connectivity index (χ3v) is 4.32. The summed E-state index contributed by atoms with van der Waals surface area (Å²) in [5, 5.41) is 8.99. The molecule has 2 heteroatoms. The molecule has 0 amide bonds. The average Bonchev–Trinajstić information content (AvgIpc) is 2.44.